The van der Waals surface area contributed by atoms with Crippen LogP contribution in [0.2, 0.25) is 0 Å². The van der Waals surface area contributed by atoms with Crippen molar-refractivity contribution in [2.45, 2.75) is 19.8 Å². The van der Waals surface area contributed by atoms with Crippen LogP contribution in [0.4, 0.5) is 0 Å². The molecule has 0 amide bonds. The van der Waals surface area contributed by atoms with Gasteiger partial charge in [0.15, 0.2) is 0 Å². The molecule has 0 radical (unpaired) electrons. The number of phenols is 2. The third-order valence-corrected chi connectivity index (χ3v) is 7.05. The maximum atomic E-state index is 10.8. The largest absolute Gasteiger partial charge is 0.508 e. The highest BCUT2D eigenvalue weighted by molar-refractivity contribution is 6.23. The number of hydrogen-bond acceptors (Lipinski definition) is 2. The molecule has 0 aliphatic carbocycles. The van der Waals surface area contributed by atoms with E-state index in [1.165, 1.54) is 37.9 Å². The minimum Gasteiger partial charge on any atom is -0.508 e. The van der Waals surface area contributed by atoms with E-state index in [1.54, 1.807) is 12.1 Å². The fraction of sp³-hybridized carbons (Fsp3) is 0.0968. The predicted molar refractivity (Wildman–Crippen MR) is 138 cm³/mol. The Labute approximate surface area is 192 Å². The van der Waals surface area contributed by atoms with Crippen LogP contribution in [0.15, 0.2) is 91.0 Å². The molecule has 1 atom stereocenters. The number of rotatable bonds is 3. The molecule has 2 N–H and O–H groups in total. The highest BCUT2D eigenvalue weighted by Gasteiger charge is 2.19. The van der Waals surface area contributed by atoms with Crippen molar-refractivity contribution in [1.29, 1.82) is 0 Å². The highest BCUT2D eigenvalue weighted by atomic mass is 16.3. The van der Waals surface area contributed by atoms with Gasteiger partial charge in [-0.05, 0) is 85.8 Å². The van der Waals surface area contributed by atoms with E-state index in [1.807, 2.05) is 25.1 Å². The summed E-state index contributed by atoms with van der Waals surface area (Å²) >= 11 is 0. The molecule has 1 unspecified atom stereocenters. The van der Waals surface area contributed by atoms with Crippen molar-refractivity contribution in [3.05, 3.63) is 108 Å². The summed E-state index contributed by atoms with van der Waals surface area (Å²) in [6.45, 7) is 4.06. The summed E-state index contributed by atoms with van der Waals surface area (Å²) in [5.74, 6) is 0.597. The number of aromatic hydroxyl groups is 2. The maximum absolute atomic E-state index is 10.8. The van der Waals surface area contributed by atoms with Gasteiger partial charge in [-0.2, -0.15) is 0 Å². The molecule has 160 valence electrons. The molecule has 0 aliphatic rings. The van der Waals surface area contributed by atoms with Crippen molar-refractivity contribution in [3.8, 4) is 22.6 Å². The fourth-order valence-electron chi connectivity index (χ4n) is 5.22. The van der Waals surface area contributed by atoms with Crippen LogP contribution in [0, 0.1) is 6.92 Å². The summed E-state index contributed by atoms with van der Waals surface area (Å²) in [6.07, 6.45) is 0. The van der Waals surface area contributed by atoms with Gasteiger partial charge in [0.2, 0.25) is 0 Å². The lowest BCUT2D eigenvalue weighted by Crippen LogP contribution is -1.99. The summed E-state index contributed by atoms with van der Waals surface area (Å²) in [5, 5.41) is 28.3. The Morgan fingerprint density at radius 1 is 0.576 bits per heavy atom. The molecule has 33 heavy (non-hydrogen) atoms. The lowest BCUT2D eigenvalue weighted by Gasteiger charge is -2.20. The van der Waals surface area contributed by atoms with Crippen molar-refractivity contribution >= 4 is 32.3 Å². The average molecular weight is 429 g/mol. The van der Waals surface area contributed by atoms with Crippen LogP contribution in [-0.2, 0) is 0 Å². The Kier molecular flexibility index (Phi) is 4.31. The van der Waals surface area contributed by atoms with E-state index < -0.39 is 0 Å². The smallest absolute Gasteiger partial charge is 0.119 e. The van der Waals surface area contributed by atoms with Gasteiger partial charge in [-0.3, -0.25) is 0 Å². The third kappa shape index (κ3) is 3.02. The zero-order chi connectivity index (χ0) is 22.7. The third-order valence-electron chi connectivity index (χ3n) is 7.05. The van der Waals surface area contributed by atoms with Gasteiger partial charge in [-0.15, -0.1) is 0 Å². The second-order valence-electron chi connectivity index (χ2n) is 9.01. The minimum atomic E-state index is 0.00716. The lowest BCUT2D eigenvalue weighted by molar-refractivity contribution is 0.466. The molecular formula is C31H24O2. The maximum Gasteiger partial charge on any atom is 0.119 e. The van der Waals surface area contributed by atoms with Gasteiger partial charge in [0.25, 0.3) is 0 Å². The number of phenolic OH excluding ortho intramolecular Hbond substituents is 2. The van der Waals surface area contributed by atoms with E-state index in [4.69, 9.17) is 0 Å². The Balaban J connectivity index is 1.54. The van der Waals surface area contributed by atoms with Gasteiger partial charge in [0.1, 0.15) is 11.5 Å². The van der Waals surface area contributed by atoms with Crippen molar-refractivity contribution in [2.24, 2.45) is 0 Å². The monoisotopic (exact) mass is 428 g/mol. The average Bonchev–Trinajstić information content (AvgIpc) is 2.84. The van der Waals surface area contributed by atoms with E-state index in [9.17, 15) is 10.2 Å². The summed E-state index contributed by atoms with van der Waals surface area (Å²) < 4.78 is 0. The first-order valence-electron chi connectivity index (χ1n) is 11.3. The predicted octanol–water partition coefficient (Wildman–Crippen LogP) is 8.12. The number of aryl methyl sites for hydroxylation is 1. The van der Waals surface area contributed by atoms with Crippen molar-refractivity contribution in [3.63, 3.8) is 0 Å². The van der Waals surface area contributed by atoms with Gasteiger partial charge >= 0.3 is 0 Å². The number of benzene rings is 6. The molecule has 6 aromatic carbocycles. The summed E-state index contributed by atoms with van der Waals surface area (Å²) in [5.41, 5.74) is 4.98. The molecule has 6 rings (SSSR count). The van der Waals surface area contributed by atoms with Gasteiger partial charge < -0.3 is 10.2 Å². The molecule has 6 aromatic rings. The van der Waals surface area contributed by atoms with E-state index in [-0.39, 0.29) is 5.92 Å². The van der Waals surface area contributed by atoms with Crippen molar-refractivity contribution in [2.75, 3.05) is 0 Å². The zero-order valence-electron chi connectivity index (χ0n) is 18.6. The Hall–Kier alpha value is -4.04. The highest BCUT2D eigenvalue weighted by Crippen LogP contribution is 2.41. The van der Waals surface area contributed by atoms with Crippen LogP contribution in [0.5, 0.6) is 11.5 Å². The molecule has 2 heteroatoms. The molecule has 2 nitrogen and oxygen atoms in total. The van der Waals surface area contributed by atoms with Gasteiger partial charge in [-0.25, -0.2) is 0 Å². The molecule has 0 saturated heterocycles. The van der Waals surface area contributed by atoms with E-state index in [2.05, 4.69) is 67.6 Å². The van der Waals surface area contributed by atoms with E-state index in [0.29, 0.717) is 11.5 Å². The van der Waals surface area contributed by atoms with Crippen LogP contribution in [0.3, 0.4) is 0 Å². The minimum absolute atomic E-state index is 0.00716. The van der Waals surface area contributed by atoms with E-state index >= 15 is 0 Å². The zero-order valence-corrected chi connectivity index (χ0v) is 18.6. The Morgan fingerprint density at radius 3 is 1.91 bits per heavy atom. The SMILES string of the molecule is Cc1cc(-c2ccc(O)c(C(C)c3ccc4ccc5cccc6ccc3c4c56)c2)ccc1O. The standard InChI is InChI=1S/C31H24O2/c1-18-16-23(10-14-28(18)32)24-11-15-29(33)27(17-24)19(2)25-12-8-22-7-6-20-4-3-5-21-9-13-26(25)31(22)30(20)21/h3-17,19,32-33H,1-2H3. The Bertz CT molecular complexity index is 1650. The molecule has 0 aliphatic heterocycles. The summed E-state index contributed by atoms with van der Waals surface area (Å²) in [6, 6.07) is 31.1. The Morgan fingerprint density at radius 2 is 1.18 bits per heavy atom. The molecule has 0 bridgehead atoms. The van der Waals surface area contributed by atoms with Crippen molar-refractivity contribution in [1.82, 2.24) is 0 Å². The summed E-state index contributed by atoms with van der Waals surface area (Å²) in [4.78, 5) is 0. The molecular weight excluding hydrogens is 404 g/mol. The first-order valence-corrected chi connectivity index (χ1v) is 11.3. The first-order chi connectivity index (χ1) is 16.0. The van der Waals surface area contributed by atoms with Gasteiger partial charge in [0, 0.05) is 11.5 Å². The topological polar surface area (TPSA) is 40.5 Å². The second-order valence-corrected chi connectivity index (χ2v) is 9.01. The van der Waals surface area contributed by atoms with Crippen LogP contribution in [0.25, 0.3) is 43.4 Å². The first kappa shape index (κ1) is 19.6. The van der Waals surface area contributed by atoms with Gasteiger partial charge in [-0.1, -0.05) is 73.7 Å². The lowest BCUT2D eigenvalue weighted by atomic mass is 9.84. The van der Waals surface area contributed by atoms with Crippen LogP contribution >= 0.6 is 0 Å². The molecule has 0 saturated carbocycles. The van der Waals surface area contributed by atoms with Crippen LogP contribution < -0.4 is 0 Å². The van der Waals surface area contributed by atoms with Gasteiger partial charge in [0.05, 0.1) is 0 Å². The van der Waals surface area contributed by atoms with Crippen molar-refractivity contribution < 1.29 is 10.2 Å². The number of hydrogen-bond donors (Lipinski definition) is 2. The normalized spacial score (nSPS) is 12.7. The second kappa shape index (κ2) is 7.25. The quantitative estimate of drug-likeness (QED) is 0.279. The van der Waals surface area contributed by atoms with Crippen LogP contribution in [0.1, 0.15) is 29.5 Å². The molecule has 0 heterocycles. The molecule has 0 spiro atoms. The fourth-order valence-corrected chi connectivity index (χ4v) is 5.22. The van der Waals surface area contributed by atoms with E-state index in [0.717, 1.165) is 22.3 Å². The summed E-state index contributed by atoms with van der Waals surface area (Å²) in [7, 11) is 0. The van der Waals surface area contributed by atoms with Crippen LogP contribution in [-0.4, -0.2) is 10.2 Å². The molecule has 0 fully saturated rings. The molecule has 0 aromatic heterocycles.